The zero-order valence-corrected chi connectivity index (χ0v) is 13.1. The summed E-state index contributed by atoms with van der Waals surface area (Å²) in [5, 5.41) is 3.42. The highest BCUT2D eigenvalue weighted by Gasteiger charge is 2.44. The van der Waals surface area contributed by atoms with Crippen LogP contribution in [0.2, 0.25) is 0 Å². The number of nitrogens with one attached hydrogen (secondary N) is 1. The lowest BCUT2D eigenvalue weighted by molar-refractivity contribution is -0.149. The van der Waals surface area contributed by atoms with Gasteiger partial charge in [-0.05, 0) is 32.2 Å². The van der Waals surface area contributed by atoms with E-state index in [1.165, 1.54) is 0 Å². The van der Waals surface area contributed by atoms with Crippen LogP contribution >= 0.6 is 0 Å². The van der Waals surface area contributed by atoms with Crippen molar-refractivity contribution >= 4 is 11.8 Å². The van der Waals surface area contributed by atoms with Crippen molar-refractivity contribution < 1.29 is 9.59 Å². The molecule has 0 bridgehead atoms. The zero-order valence-electron chi connectivity index (χ0n) is 13.1. The SMILES string of the molecule is CCCC1(C(=O)N2CCN3C(=O)CCC3C2)CCCNC1. The summed E-state index contributed by atoms with van der Waals surface area (Å²) in [5.74, 6) is 0.602. The average Bonchev–Trinajstić information content (AvgIpc) is 2.88. The Morgan fingerprint density at radius 2 is 2.29 bits per heavy atom. The van der Waals surface area contributed by atoms with E-state index in [2.05, 4.69) is 12.2 Å². The van der Waals surface area contributed by atoms with Crippen molar-refractivity contribution in [2.24, 2.45) is 5.41 Å². The fraction of sp³-hybridized carbons (Fsp3) is 0.875. The Morgan fingerprint density at radius 3 is 3.00 bits per heavy atom. The fourth-order valence-corrected chi connectivity index (χ4v) is 4.33. The zero-order chi connectivity index (χ0) is 14.9. The monoisotopic (exact) mass is 293 g/mol. The van der Waals surface area contributed by atoms with Gasteiger partial charge in [-0.1, -0.05) is 13.3 Å². The minimum atomic E-state index is -0.197. The minimum absolute atomic E-state index is 0.197. The second-order valence-electron chi connectivity index (χ2n) is 6.84. The van der Waals surface area contributed by atoms with Crippen molar-refractivity contribution in [1.82, 2.24) is 15.1 Å². The van der Waals surface area contributed by atoms with Crippen molar-refractivity contribution in [2.45, 2.75) is 51.5 Å². The fourth-order valence-electron chi connectivity index (χ4n) is 4.33. The average molecular weight is 293 g/mol. The summed E-state index contributed by atoms with van der Waals surface area (Å²) in [5.41, 5.74) is -0.197. The topological polar surface area (TPSA) is 52.7 Å². The highest BCUT2D eigenvalue weighted by molar-refractivity contribution is 5.84. The first kappa shape index (κ1) is 14.8. The quantitative estimate of drug-likeness (QED) is 0.844. The third-order valence-corrected chi connectivity index (χ3v) is 5.44. The van der Waals surface area contributed by atoms with E-state index in [1.54, 1.807) is 0 Å². The van der Waals surface area contributed by atoms with Gasteiger partial charge in [-0.2, -0.15) is 0 Å². The van der Waals surface area contributed by atoms with Crippen LogP contribution in [-0.4, -0.2) is 60.4 Å². The molecule has 5 nitrogen and oxygen atoms in total. The highest BCUT2D eigenvalue weighted by Crippen LogP contribution is 2.35. The lowest BCUT2D eigenvalue weighted by Crippen LogP contribution is -2.59. The molecule has 118 valence electrons. The third kappa shape index (κ3) is 2.68. The van der Waals surface area contributed by atoms with Crippen LogP contribution in [0.1, 0.15) is 45.4 Å². The van der Waals surface area contributed by atoms with Crippen LogP contribution in [0.4, 0.5) is 0 Å². The molecule has 3 aliphatic rings. The molecule has 0 aliphatic carbocycles. The van der Waals surface area contributed by atoms with Gasteiger partial charge in [0, 0.05) is 38.6 Å². The molecular formula is C16H27N3O2. The predicted molar refractivity (Wildman–Crippen MR) is 80.8 cm³/mol. The van der Waals surface area contributed by atoms with E-state index < -0.39 is 0 Å². The number of carbonyl (C=O) groups is 2. The van der Waals surface area contributed by atoms with Gasteiger partial charge in [0.25, 0.3) is 0 Å². The molecule has 3 rings (SSSR count). The molecule has 0 aromatic rings. The number of piperidine rings is 1. The molecule has 0 aromatic heterocycles. The van der Waals surface area contributed by atoms with Crippen LogP contribution in [0.3, 0.4) is 0 Å². The normalized spacial score (nSPS) is 33.2. The van der Waals surface area contributed by atoms with E-state index in [0.29, 0.717) is 18.9 Å². The van der Waals surface area contributed by atoms with Crippen molar-refractivity contribution in [3.63, 3.8) is 0 Å². The number of amides is 2. The number of piperazine rings is 1. The number of fused-ring (bicyclic) bond motifs is 1. The number of hydrogen-bond donors (Lipinski definition) is 1. The molecular weight excluding hydrogens is 266 g/mol. The van der Waals surface area contributed by atoms with Crippen LogP contribution in [0.15, 0.2) is 0 Å². The van der Waals surface area contributed by atoms with Crippen LogP contribution in [0.5, 0.6) is 0 Å². The maximum atomic E-state index is 13.1. The van der Waals surface area contributed by atoms with Gasteiger partial charge in [-0.3, -0.25) is 9.59 Å². The molecule has 21 heavy (non-hydrogen) atoms. The lowest BCUT2D eigenvalue weighted by Gasteiger charge is -2.44. The van der Waals surface area contributed by atoms with Gasteiger partial charge < -0.3 is 15.1 Å². The number of nitrogens with zero attached hydrogens (tertiary/aromatic N) is 2. The van der Waals surface area contributed by atoms with Gasteiger partial charge >= 0.3 is 0 Å². The Bertz CT molecular complexity index is 412. The molecule has 0 radical (unpaired) electrons. The largest absolute Gasteiger partial charge is 0.338 e. The second kappa shape index (κ2) is 5.95. The second-order valence-corrected chi connectivity index (χ2v) is 6.84. The molecule has 0 spiro atoms. The van der Waals surface area contributed by atoms with E-state index in [9.17, 15) is 9.59 Å². The van der Waals surface area contributed by atoms with Gasteiger partial charge in [0.05, 0.1) is 5.41 Å². The first-order valence-corrected chi connectivity index (χ1v) is 8.46. The van der Waals surface area contributed by atoms with E-state index in [-0.39, 0.29) is 17.4 Å². The van der Waals surface area contributed by atoms with Crippen LogP contribution in [0, 0.1) is 5.41 Å². The van der Waals surface area contributed by atoms with Crippen LogP contribution < -0.4 is 5.32 Å². The van der Waals surface area contributed by atoms with E-state index in [0.717, 1.165) is 58.3 Å². The molecule has 2 unspecified atom stereocenters. The number of carbonyl (C=O) groups excluding carboxylic acids is 2. The van der Waals surface area contributed by atoms with Crippen LogP contribution in [0.25, 0.3) is 0 Å². The molecule has 3 heterocycles. The summed E-state index contributed by atoms with van der Waals surface area (Å²) in [6, 6.07) is 0.269. The molecule has 3 fully saturated rings. The van der Waals surface area contributed by atoms with Crippen molar-refractivity contribution in [3.05, 3.63) is 0 Å². The maximum Gasteiger partial charge on any atom is 0.230 e. The summed E-state index contributed by atoms with van der Waals surface area (Å²) >= 11 is 0. The Hall–Kier alpha value is -1.10. The van der Waals surface area contributed by atoms with E-state index in [4.69, 9.17) is 0 Å². The van der Waals surface area contributed by atoms with Crippen LogP contribution in [-0.2, 0) is 9.59 Å². The van der Waals surface area contributed by atoms with Crippen molar-refractivity contribution in [3.8, 4) is 0 Å². The summed E-state index contributed by atoms with van der Waals surface area (Å²) in [6.45, 7) is 6.21. The Labute approximate surface area is 127 Å². The first-order valence-electron chi connectivity index (χ1n) is 8.46. The van der Waals surface area contributed by atoms with Gasteiger partial charge in [0.2, 0.25) is 11.8 Å². The summed E-state index contributed by atoms with van der Waals surface area (Å²) in [6.07, 6.45) is 5.71. The molecule has 0 saturated carbocycles. The number of hydrogen-bond acceptors (Lipinski definition) is 3. The molecule has 2 atom stereocenters. The summed E-state index contributed by atoms with van der Waals surface area (Å²) in [7, 11) is 0. The third-order valence-electron chi connectivity index (χ3n) is 5.44. The summed E-state index contributed by atoms with van der Waals surface area (Å²) in [4.78, 5) is 28.9. The Balaban J connectivity index is 1.70. The smallest absolute Gasteiger partial charge is 0.230 e. The first-order chi connectivity index (χ1) is 10.2. The van der Waals surface area contributed by atoms with Gasteiger partial charge in [0.1, 0.15) is 0 Å². The lowest BCUT2D eigenvalue weighted by atomic mass is 9.75. The molecule has 2 amide bonds. The Kier molecular flexibility index (Phi) is 4.20. The molecule has 5 heteroatoms. The van der Waals surface area contributed by atoms with Crippen molar-refractivity contribution in [2.75, 3.05) is 32.7 Å². The maximum absolute atomic E-state index is 13.1. The predicted octanol–water partition coefficient (Wildman–Crippen LogP) is 0.989. The number of rotatable bonds is 3. The Morgan fingerprint density at radius 1 is 1.43 bits per heavy atom. The van der Waals surface area contributed by atoms with E-state index in [1.807, 2.05) is 9.80 Å². The van der Waals surface area contributed by atoms with Crippen molar-refractivity contribution in [1.29, 1.82) is 0 Å². The summed E-state index contributed by atoms with van der Waals surface area (Å²) < 4.78 is 0. The molecule has 3 aliphatic heterocycles. The molecule has 1 N–H and O–H groups in total. The van der Waals surface area contributed by atoms with Gasteiger partial charge in [-0.15, -0.1) is 0 Å². The van der Waals surface area contributed by atoms with Gasteiger partial charge in [-0.25, -0.2) is 0 Å². The molecule has 3 saturated heterocycles. The van der Waals surface area contributed by atoms with E-state index >= 15 is 0 Å². The van der Waals surface area contributed by atoms with Gasteiger partial charge in [0.15, 0.2) is 0 Å². The standard InChI is InChI=1S/C16H27N3O2/c1-2-6-16(7-3-8-17-12-16)15(21)18-9-10-19-13(11-18)4-5-14(19)20/h13,17H,2-12H2,1H3. The molecule has 0 aromatic carbocycles. The minimum Gasteiger partial charge on any atom is -0.338 e. The highest BCUT2D eigenvalue weighted by atomic mass is 16.2.